The minimum atomic E-state index is 0.339. The van der Waals surface area contributed by atoms with Crippen molar-refractivity contribution in [3.63, 3.8) is 0 Å². The van der Waals surface area contributed by atoms with Crippen molar-refractivity contribution in [3.05, 3.63) is 29.8 Å². The van der Waals surface area contributed by atoms with Crippen molar-refractivity contribution in [2.75, 3.05) is 26.7 Å². The lowest BCUT2D eigenvalue weighted by molar-refractivity contribution is 0.193. The quantitative estimate of drug-likeness (QED) is 0.783. The van der Waals surface area contributed by atoms with E-state index in [0.717, 1.165) is 18.2 Å². The van der Waals surface area contributed by atoms with Gasteiger partial charge in [-0.05, 0) is 49.4 Å². The molecular formula is C16H26N2O. The van der Waals surface area contributed by atoms with Gasteiger partial charge in [0.25, 0.3) is 0 Å². The van der Waals surface area contributed by atoms with Crippen molar-refractivity contribution in [2.45, 2.75) is 32.2 Å². The van der Waals surface area contributed by atoms with Crippen molar-refractivity contribution in [1.29, 1.82) is 0 Å². The third kappa shape index (κ3) is 3.95. The molecule has 0 saturated heterocycles. The van der Waals surface area contributed by atoms with E-state index < -0.39 is 0 Å². The highest BCUT2D eigenvalue weighted by atomic mass is 16.5. The van der Waals surface area contributed by atoms with E-state index in [1.54, 1.807) is 7.11 Å². The highest BCUT2D eigenvalue weighted by Gasteiger charge is 2.27. The minimum Gasteiger partial charge on any atom is -0.497 e. The SMILES string of the molecule is CCCN(CC1CC1)C(CN)c1ccc(OC)cc1. The first kappa shape index (κ1) is 14.4. The van der Waals surface area contributed by atoms with Gasteiger partial charge in [0.05, 0.1) is 7.11 Å². The number of rotatable bonds is 8. The van der Waals surface area contributed by atoms with Gasteiger partial charge in [0.1, 0.15) is 5.75 Å². The average molecular weight is 262 g/mol. The van der Waals surface area contributed by atoms with E-state index in [-0.39, 0.29) is 0 Å². The molecule has 1 atom stereocenters. The Balaban J connectivity index is 2.09. The Hall–Kier alpha value is -1.06. The van der Waals surface area contributed by atoms with Gasteiger partial charge in [-0.2, -0.15) is 0 Å². The molecule has 3 nitrogen and oxygen atoms in total. The highest BCUT2D eigenvalue weighted by Crippen LogP contribution is 2.33. The first-order valence-electron chi connectivity index (χ1n) is 7.36. The van der Waals surface area contributed by atoms with Crippen LogP contribution in [0.4, 0.5) is 0 Å². The number of nitrogens with two attached hydrogens (primary N) is 1. The summed E-state index contributed by atoms with van der Waals surface area (Å²) in [5.41, 5.74) is 7.33. The summed E-state index contributed by atoms with van der Waals surface area (Å²) in [7, 11) is 1.70. The fraction of sp³-hybridized carbons (Fsp3) is 0.625. The zero-order valence-electron chi connectivity index (χ0n) is 12.1. The molecule has 0 aliphatic heterocycles. The Kier molecular flexibility index (Phi) is 5.23. The standard InChI is InChI=1S/C16H26N2O/c1-3-10-18(12-13-4-5-13)16(11-17)14-6-8-15(19-2)9-7-14/h6-9,13,16H,3-5,10-12,17H2,1-2H3. The lowest BCUT2D eigenvalue weighted by Gasteiger charge is -2.31. The number of nitrogens with zero attached hydrogens (tertiary/aromatic N) is 1. The van der Waals surface area contributed by atoms with Crippen LogP contribution in [0, 0.1) is 5.92 Å². The number of benzene rings is 1. The second-order valence-electron chi connectivity index (χ2n) is 5.46. The molecule has 19 heavy (non-hydrogen) atoms. The Morgan fingerprint density at radius 3 is 2.47 bits per heavy atom. The van der Waals surface area contributed by atoms with Crippen LogP contribution in [0.2, 0.25) is 0 Å². The minimum absolute atomic E-state index is 0.339. The molecule has 2 N–H and O–H groups in total. The van der Waals surface area contributed by atoms with Crippen molar-refractivity contribution < 1.29 is 4.74 Å². The summed E-state index contributed by atoms with van der Waals surface area (Å²) in [6.45, 7) is 5.24. The van der Waals surface area contributed by atoms with Crippen molar-refractivity contribution >= 4 is 0 Å². The maximum absolute atomic E-state index is 6.03. The van der Waals surface area contributed by atoms with Crippen LogP contribution in [-0.2, 0) is 0 Å². The molecule has 2 rings (SSSR count). The Morgan fingerprint density at radius 2 is 2.00 bits per heavy atom. The summed E-state index contributed by atoms with van der Waals surface area (Å²) >= 11 is 0. The third-order valence-electron chi connectivity index (χ3n) is 3.87. The molecule has 0 aromatic heterocycles. The fourth-order valence-electron chi connectivity index (χ4n) is 2.62. The monoisotopic (exact) mass is 262 g/mol. The van der Waals surface area contributed by atoms with Crippen LogP contribution in [0.3, 0.4) is 0 Å². The number of hydrogen-bond donors (Lipinski definition) is 1. The van der Waals surface area contributed by atoms with Crippen molar-refractivity contribution in [2.24, 2.45) is 11.7 Å². The van der Waals surface area contributed by atoms with E-state index >= 15 is 0 Å². The second kappa shape index (κ2) is 6.92. The molecule has 1 saturated carbocycles. The van der Waals surface area contributed by atoms with Crippen molar-refractivity contribution in [3.8, 4) is 5.75 Å². The maximum atomic E-state index is 6.03. The molecule has 1 aromatic carbocycles. The number of methoxy groups -OCH3 is 1. The molecule has 3 heteroatoms. The van der Waals surface area contributed by atoms with Gasteiger partial charge in [-0.3, -0.25) is 4.90 Å². The first-order chi connectivity index (χ1) is 9.28. The Morgan fingerprint density at radius 1 is 1.32 bits per heavy atom. The summed E-state index contributed by atoms with van der Waals surface area (Å²) in [4.78, 5) is 2.56. The van der Waals surface area contributed by atoms with E-state index in [1.807, 2.05) is 12.1 Å². The second-order valence-corrected chi connectivity index (χ2v) is 5.46. The molecule has 1 aromatic rings. The molecule has 0 amide bonds. The van der Waals surface area contributed by atoms with Gasteiger partial charge in [0.2, 0.25) is 0 Å². The molecule has 1 aliphatic rings. The summed E-state index contributed by atoms with van der Waals surface area (Å²) in [6.07, 6.45) is 3.96. The zero-order valence-corrected chi connectivity index (χ0v) is 12.1. The fourth-order valence-corrected chi connectivity index (χ4v) is 2.62. The molecule has 0 heterocycles. The van der Waals surface area contributed by atoms with Crippen molar-refractivity contribution in [1.82, 2.24) is 4.90 Å². The van der Waals surface area contributed by atoms with E-state index in [4.69, 9.17) is 10.5 Å². The average Bonchev–Trinajstić information content (AvgIpc) is 3.24. The van der Waals surface area contributed by atoms with Crippen LogP contribution in [0.1, 0.15) is 37.8 Å². The predicted octanol–water partition coefficient (Wildman–Crippen LogP) is 2.82. The molecule has 1 unspecified atom stereocenters. The van der Waals surface area contributed by atoms with E-state index in [9.17, 15) is 0 Å². The van der Waals surface area contributed by atoms with Crippen LogP contribution in [-0.4, -0.2) is 31.6 Å². The summed E-state index contributed by atoms with van der Waals surface area (Å²) in [5.74, 6) is 1.81. The molecule has 106 valence electrons. The molecule has 0 radical (unpaired) electrons. The molecular weight excluding hydrogens is 236 g/mol. The van der Waals surface area contributed by atoms with Gasteiger partial charge in [-0.25, -0.2) is 0 Å². The smallest absolute Gasteiger partial charge is 0.118 e. The number of ether oxygens (including phenoxy) is 1. The van der Waals surface area contributed by atoms with Gasteiger partial charge in [0.15, 0.2) is 0 Å². The van der Waals surface area contributed by atoms with Gasteiger partial charge in [-0.15, -0.1) is 0 Å². The molecule has 0 spiro atoms. The number of hydrogen-bond acceptors (Lipinski definition) is 3. The first-order valence-corrected chi connectivity index (χ1v) is 7.36. The van der Waals surface area contributed by atoms with Gasteiger partial charge < -0.3 is 10.5 Å². The van der Waals surface area contributed by atoms with Crippen LogP contribution in [0.5, 0.6) is 5.75 Å². The summed E-state index contributed by atoms with van der Waals surface area (Å²) in [5, 5.41) is 0. The molecule has 1 aliphatic carbocycles. The Bertz CT molecular complexity index is 373. The summed E-state index contributed by atoms with van der Waals surface area (Å²) < 4.78 is 5.22. The van der Waals surface area contributed by atoms with E-state index in [0.29, 0.717) is 12.6 Å². The molecule has 1 fully saturated rings. The van der Waals surface area contributed by atoms with Crippen LogP contribution in [0.15, 0.2) is 24.3 Å². The highest BCUT2D eigenvalue weighted by molar-refractivity contribution is 5.29. The van der Waals surface area contributed by atoms with Crippen LogP contribution in [0.25, 0.3) is 0 Å². The topological polar surface area (TPSA) is 38.5 Å². The van der Waals surface area contributed by atoms with Gasteiger partial charge >= 0.3 is 0 Å². The van der Waals surface area contributed by atoms with E-state index in [2.05, 4.69) is 24.0 Å². The molecule has 0 bridgehead atoms. The maximum Gasteiger partial charge on any atom is 0.118 e. The van der Waals surface area contributed by atoms with Gasteiger partial charge in [-0.1, -0.05) is 19.1 Å². The van der Waals surface area contributed by atoms with Crippen LogP contribution < -0.4 is 10.5 Å². The van der Waals surface area contributed by atoms with Gasteiger partial charge in [0, 0.05) is 19.1 Å². The Labute approximate surface area is 116 Å². The lowest BCUT2D eigenvalue weighted by atomic mass is 10.0. The van der Waals surface area contributed by atoms with E-state index in [1.165, 1.54) is 31.4 Å². The van der Waals surface area contributed by atoms with Crippen LogP contribution >= 0.6 is 0 Å². The predicted molar refractivity (Wildman–Crippen MR) is 79.4 cm³/mol. The largest absolute Gasteiger partial charge is 0.497 e. The summed E-state index contributed by atoms with van der Waals surface area (Å²) in [6, 6.07) is 8.68. The normalized spacial score (nSPS) is 16.6. The lowest BCUT2D eigenvalue weighted by Crippen LogP contribution is -2.35. The zero-order chi connectivity index (χ0) is 13.7. The third-order valence-corrected chi connectivity index (χ3v) is 3.87.